The van der Waals surface area contributed by atoms with Gasteiger partial charge in [-0.05, 0) is 32.9 Å². The van der Waals surface area contributed by atoms with Gasteiger partial charge in [0.25, 0.3) is 0 Å². The van der Waals surface area contributed by atoms with E-state index >= 15 is 0 Å². The summed E-state index contributed by atoms with van der Waals surface area (Å²) >= 11 is 0. The quantitative estimate of drug-likeness (QED) is 0.842. The van der Waals surface area contributed by atoms with Crippen molar-refractivity contribution in [3.8, 4) is 6.07 Å². The molecule has 4 nitrogen and oxygen atoms in total. The van der Waals surface area contributed by atoms with Crippen LogP contribution in [0.4, 0.5) is 0 Å². The van der Waals surface area contributed by atoms with E-state index in [2.05, 4.69) is 5.32 Å². The number of furan rings is 1. The Kier molecular flexibility index (Phi) is 3.73. The lowest BCUT2D eigenvalue weighted by Gasteiger charge is -2.19. The number of nitrogens with zero attached hydrogens (tertiary/aromatic N) is 1. The molecule has 16 heavy (non-hydrogen) atoms. The van der Waals surface area contributed by atoms with Crippen LogP contribution in [-0.4, -0.2) is 11.9 Å². The predicted octanol–water partition coefficient (Wildman–Crippen LogP) is 1.88. The Morgan fingerprint density at radius 2 is 2.38 bits per heavy atom. The van der Waals surface area contributed by atoms with Gasteiger partial charge in [-0.2, -0.15) is 5.26 Å². The topological polar surface area (TPSA) is 66.0 Å². The Morgan fingerprint density at radius 1 is 1.69 bits per heavy atom. The van der Waals surface area contributed by atoms with Gasteiger partial charge in [0, 0.05) is 12.5 Å². The van der Waals surface area contributed by atoms with Crippen LogP contribution in [-0.2, 0) is 11.2 Å². The molecule has 0 saturated carbocycles. The van der Waals surface area contributed by atoms with Crippen molar-refractivity contribution in [3.63, 3.8) is 0 Å². The van der Waals surface area contributed by atoms with Gasteiger partial charge in [0.05, 0.1) is 12.3 Å². The number of nitrogens with one attached hydrogen (secondary N) is 1. The second kappa shape index (κ2) is 4.84. The molecular weight excluding hydrogens is 204 g/mol. The summed E-state index contributed by atoms with van der Waals surface area (Å²) in [5, 5.41) is 11.6. The van der Waals surface area contributed by atoms with E-state index in [-0.39, 0.29) is 11.9 Å². The molecule has 1 amide bonds. The molecular formula is C12H16N2O2. The number of nitriles is 1. The SMILES string of the molecule is CC(Cc1ccco1)NC(=O)C(C)(C)C#N. The summed E-state index contributed by atoms with van der Waals surface area (Å²) in [5.41, 5.74) is -0.989. The van der Waals surface area contributed by atoms with Gasteiger partial charge in [-0.3, -0.25) is 4.79 Å². The molecule has 1 atom stereocenters. The molecule has 0 bridgehead atoms. The Hall–Kier alpha value is -1.76. The maximum Gasteiger partial charge on any atom is 0.240 e. The highest BCUT2D eigenvalue weighted by Crippen LogP contribution is 2.13. The summed E-state index contributed by atoms with van der Waals surface area (Å²) in [6.07, 6.45) is 2.23. The minimum atomic E-state index is -0.989. The summed E-state index contributed by atoms with van der Waals surface area (Å²) in [6.45, 7) is 5.08. The molecule has 4 heteroatoms. The van der Waals surface area contributed by atoms with Crippen LogP contribution >= 0.6 is 0 Å². The lowest BCUT2D eigenvalue weighted by molar-refractivity contribution is -0.127. The van der Waals surface area contributed by atoms with E-state index in [1.54, 1.807) is 20.1 Å². The summed E-state index contributed by atoms with van der Waals surface area (Å²) in [4.78, 5) is 11.7. The summed E-state index contributed by atoms with van der Waals surface area (Å²) in [7, 11) is 0. The van der Waals surface area contributed by atoms with E-state index < -0.39 is 5.41 Å². The highest BCUT2D eigenvalue weighted by molar-refractivity contribution is 5.84. The number of carbonyl (C=O) groups excluding carboxylic acids is 1. The van der Waals surface area contributed by atoms with Crippen LogP contribution < -0.4 is 5.32 Å². The van der Waals surface area contributed by atoms with Gasteiger partial charge in [-0.15, -0.1) is 0 Å². The molecule has 0 aliphatic carbocycles. The molecule has 1 rings (SSSR count). The van der Waals surface area contributed by atoms with Gasteiger partial charge in [-0.1, -0.05) is 0 Å². The second-order valence-corrected chi connectivity index (χ2v) is 4.39. The third-order valence-corrected chi connectivity index (χ3v) is 2.31. The molecule has 0 spiro atoms. The number of rotatable bonds is 4. The third kappa shape index (κ3) is 3.13. The van der Waals surface area contributed by atoms with Crippen molar-refractivity contribution in [3.05, 3.63) is 24.2 Å². The first-order valence-corrected chi connectivity index (χ1v) is 5.20. The molecule has 0 aromatic carbocycles. The molecule has 0 saturated heterocycles. The lowest BCUT2D eigenvalue weighted by atomic mass is 9.94. The van der Waals surface area contributed by atoms with Crippen LogP contribution in [0.15, 0.2) is 22.8 Å². The van der Waals surface area contributed by atoms with Crippen molar-refractivity contribution < 1.29 is 9.21 Å². The number of carbonyl (C=O) groups is 1. The van der Waals surface area contributed by atoms with E-state index in [1.807, 2.05) is 25.1 Å². The van der Waals surface area contributed by atoms with Crippen molar-refractivity contribution in [1.82, 2.24) is 5.32 Å². The zero-order chi connectivity index (χ0) is 12.2. The Bertz CT molecular complexity index is 388. The first-order valence-electron chi connectivity index (χ1n) is 5.20. The van der Waals surface area contributed by atoms with Crippen molar-refractivity contribution in [2.24, 2.45) is 5.41 Å². The van der Waals surface area contributed by atoms with Crippen molar-refractivity contribution in [2.45, 2.75) is 33.2 Å². The number of hydrogen-bond acceptors (Lipinski definition) is 3. The number of amides is 1. The normalized spacial score (nSPS) is 12.9. The van der Waals surface area contributed by atoms with Crippen LogP contribution in [0.5, 0.6) is 0 Å². The fourth-order valence-corrected chi connectivity index (χ4v) is 1.24. The van der Waals surface area contributed by atoms with Crippen molar-refractivity contribution >= 4 is 5.91 Å². The van der Waals surface area contributed by atoms with Crippen molar-refractivity contribution in [1.29, 1.82) is 5.26 Å². The third-order valence-electron chi connectivity index (χ3n) is 2.31. The Morgan fingerprint density at radius 3 is 2.88 bits per heavy atom. The molecule has 86 valence electrons. The number of hydrogen-bond donors (Lipinski definition) is 1. The van der Waals surface area contributed by atoms with Crippen LogP contribution in [0.25, 0.3) is 0 Å². The molecule has 1 N–H and O–H groups in total. The molecule has 1 aromatic heterocycles. The van der Waals surface area contributed by atoms with E-state index in [0.29, 0.717) is 6.42 Å². The molecule has 0 fully saturated rings. The van der Waals surface area contributed by atoms with Gasteiger partial charge in [0.2, 0.25) is 5.91 Å². The summed E-state index contributed by atoms with van der Waals surface area (Å²) in [6, 6.07) is 5.59. The maximum absolute atomic E-state index is 11.7. The first kappa shape index (κ1) is 12.3. The summed E-state index contributed by atoms with van der Waals surface area (Å²) in [5.74, 6) is 0.566. The summed E-state index contributed by atoms with van der Waals surface area (Å²) < 4.78 is 5.18. The molecule has 1 aromatic rings. The molecule has 0 radical (unpaired) electrons. The van der Waals surface area contributed by atoms with Gasteiger partial charge in [0.15, 0.2) is 0 Å². The average Bonchev–Trinajstić information content (AvgIpc) is 2.70. The smallest absolute Gasteiger partial charge is 0.240 e. The van der Waals surface area contributed by atoms with E-state index in [9.17, 15) is 4.79 Å². The Balaban J connectivity index is 2.50. The maximum atomic E-state index is 11.7. The van der Waals surface area contributed by atoms with Gasteiger partial charge in [-0.25, -0.2) is 0 Å². The van der Waals surface area contributed by atoms with Crippen LogP contribution in [0.3, 0.4) is 0 Å². The van der Waals surface area contributed by atoms with Crippen LogP contribution in [0.2, 0.25) is 0 Å². The van der Waals surface area contributed by atoms with Crippen LogP contribution in [0.1, 0.15) is 26.5 Å². The largest absolute Gasteiger partial charge is 0.469 e. The van der Waals surface area contributed by atoms with Crippen molar-refractivity contribution in [2.75, 3.05) is 0 Å². The Labute approximate surface area is 95.2 Å². The predicted molar refractivity (Wildman–Crippen MR) is 59.4 cm³/mol. The minimum Gasteiger partial charge on any atom is -0.469 e. The second-order valence-electron chi connectivity index (χ2n) is 4.39. The van der Waals surface area contributed by atoms with E-state index in [1.165, 1.54) is 0 Å². The fourth-order valence-electron chi connectivity index (χ4n) is 1.24. The average molecular weight is 220 g/mol. The highest BCUT2D eigenvalue weighted by Gasteiger charge is 2.28. The van der Waals surface area contributed by atoms with E-state index in [0.717, 1.165) is 5.76 Å². The standard InChI is InChI=1S/C12H16N2O2/c1-9(7-10-5-4-6-16-10)14-11(15)12(2,3)8-13/h4-6,9H,7H2,1-3H3,(H,14,15). The van der Waals surface area contributed by atoms with Gasteiger partial charge in [0.1, 0.15) is 11.2 Å². The minimum absolute atomic E-state index is 0.0497. The van der Waals surface area contributed by atoms with E-state index in [4.69, 9.17) is 9.68 Å². The molecule has 1 unspecified atom stereocenters. The zero-order valence-electron chi connectivity index (χ0n) is 9.78. The van der Waals surface area contributed by atoms with Gasteiger partial charge < -0.3 is 9.73 Å². The monoisotopic (exact) mass is 220 g/mol. The zero-order valence-corrected chi connectivity index (χ0v) is 9.78. The highest BCUT2D eigenvalue weighted by atomic mass is 16.3. The van der Waals surface area contributed by atoms with Crippen LogP contribution in [0, 0.1) is 16.7 Å². The molecule has 1 heterocycles. The lowest BCUT2D eigenvalue weighted by Crippen LogP contribution is -2.41. The molecule has 0 aliphatic rings. The fraction of sp³-hybridized carbons (Fsp3) is 0.500. The first-order chi connectivity index (χ1) is 7.45. The van der Waals surface area contributed by atoms with Gasteiger partial charge >= 0.3 is 0 Å². The molecule has 0 aliphatic heterocycles.